The highest BCUT2D eigenvalue weighted by Crippen LogP contribution is 2.45. The van der Waals surface area contributed by atoms with Gasteiger partial charge in [0.15, 0.2) is 0 Å². The first-order valence-electron chi connectivity index (χ1n) is 7.36. The minimum atomic E-state index is -0.506. The van der Waals surface area contributed by atoms with E-state index >= 15 is 0 Å². The Morgan fingerprint density at radius 1 is 1.05 bits per heavy atom. The van der Waals surface area contributed by atoms with Crippen molar-refractivity contribution in [1.29, 1.82) is 0 Å². The van der Waals surface area contributed by atoms with Crippen LogP contribution in [0.25, 0.3) is 0 Å². The van der Waals surface area contributed by atoms with E-state index in [-0.39, 0.29) is 29.8 Å². The predicted molar refractivity (Wildman–Crippen MR) is 79.0 cm³/mol. The highest BCUT2D eigenvalue weighted by atomic mass is 16.6. The number of carbonyl (C=O) groups excluding carboxylic acids is 1. The van der Waals surface area contributed by atoms with Gasteiger partial charge < -0.3 is 9.84 Å². The van der Waals surface area contributed by atoms with E-state index in [1.54, 1.807) is 0 Å². The molecule has 0 aromatic heterocycles. The van der Waals surface area contributed by atoms with Gasteiger partial charge in [0.05, 0.1) is 13.0 Å². The van der Waals surface area contributed by atoms with Crippen molar-refractivity contribution in [3.8, 4) is 0 Å². The standard InChI is InChI=1S/C16H32O3/c1-8-14(3,4)12-16(7,15(5,6)9-2)19-13(18)10-11-17/h17H,8-12H2,1-7H3. The molecule has 19 heavy (non-hydrogen) atoms. The van der Waals surface area contributed by atoms with Crippen LogP contribution in [0.4, 0.5) is 0 Å². The molecule has 0 radical (unpaired) electrons. The van der Waals surface area contributed by atoms with Crippen LogP contribution in [0.2, 0.25) is 0 Å². The van der Waals surface area contributed by atoms with E-state index in [9.17, 15) is 4.79 Å². The van der Waals surface area contributed by atoms with Crippen LogP contribution in [0.3, 0.4) is 0 Å². The Labute approximate surface area is 118 Å². The summed E-state index contributed by atoms with van der Waals surface area (Å²) in [7, 11) is 0. The van der Waals surface area contributed by atoms with Gasteiger partial charge in [-0.1, -0.05) is 48.0 Å². The normalized spacial score (nSPS) is 16.0. The van der Waals surface area contributed by atoms with Crippen molar-refractivity contribution in [3.63, 3.8) is 0 Å². The minimum absolute atomic E-state index is 0.0714. The number of aliphatic hydroxyl groups excluding tert-OH is 1. The van der Waals surface area contributed by atoms with Crippen molar-refractivity contribution in [2.24, 2.45) is 10.8 Å². The average Bonchev–Trinajstić information content (AvgIpc) is 2.28. The van der Waals surface area contributed by atoms with Gasteiger partial charge in [-0.25, -0.2) is 0 Å². The molecule has 0 heterocycles. The third kappa shape index (κ3) is 5.13. The van der Waals surface area contributed by atoms with Gasteiger partial charge in [0.1, 0.15) is 5.60 Å². The van der Waals surface area contributed by atoms with Gasteiger partial charge in [0.25, 0.3) is 0 Å². The van der Waals surface area contributed by atoms with Crippen LogP contribution >= 0.6 is 0 Å². The summed E-state index contributed by atoms with van der Waals surface area (Å²) in [5.74, 6) is -0.307. The molecule has 0 rings (SSSR count). The second-order valence-corrected chi connectivity index (χ2v) is 7.11. The fraction of sp³-hybridized carbons (Fsp3) is 0.938. The molecule has 3 heteroatoms. The summed E-state index contributed by atoms with van der Waals surface area (Å²) in [6.07, 6.45) is 2.88. The van der Waals surface area contributed by atoms with Crippen LogP contribution in [0, 0.1) is 10.8 Å². The second-order valence-electron chi connectivity index (χ2n) is 7.11. The zero-order valence-corrected chi connectivity index (χ0v) is 13.8. The summed E-state index contributed by atoms with van der Waals surface area (Å²) in [5, 5.41) is 8.87. The first-order valence-corrected chi connectivity index (χ1v) is 7.36. The zero-order chi connectivity index (χ0) is 15.3. The van der Waals surface area contributed by atoms with Crippen molar-refractivity contribution in [1.82, 2.24) is 0 Å². The topological polar surface area (TPSA) is 46.5 Å². The molecular weight excluding hydrogens is 240 g/mol. The monoisotopic (exact) mass is 272 g/mol. The maximum Gasteiger partial charge on any atom is 0.308 e. The van der Waals surface area contributed by atoms with Crippen LogP contribution in [0.15, 0.2) is 0 Å². The Kier molecular flexibility index (Phi) is 6.53. The summed E-state index contributed by atoms with van der Waals surface area (Å²) in [6, 6.07) is 0. The van der Waals surface area contributed by atoms with Crippen molar-refractivity contribution in [3.05, 3.63) is 0 Å². The molecular formula is C16H32O3. The fourth-order valence-corrected chi connectivity index (χ4v) is 2.22. The first kappa shape index (κ1) is 18.4. The number of hydrogen-bond acceptors (Lipinski definition) is 3. The van der Waals surface area contributed by atoms with E-state index in [2.05, 4.69) is 41.5 Å². The molecule has 1 unspecified atom stereocenters. The van der Waals surface area contributed by atoms with E-state index in [0.29, 0.717) is 0 Å². The van der Waals surface area contributed by atoms with Crippen molar-refractivity contribution < 1.29 is 14.6 Å². The molecule has 0 fully saturated rings. The largest absolute Gasteiger partial charge is 0.459 e. The molecule has 0 aliphatic rings. The first-order chi connectivity index (χ1) is 8.53. The van der Waals surface area contributed by atoms with Gasteiger partial charge in [0.2, 0.25) is 0 Å². The summed E-state index contributed by atoms with van der Waals surface area (Å²) in [4.78, 5) is 11.8. The summed E-state index contributed by atoms with van der Waals surface area (Å²) in [5.41, 5.74) is -0.473. The van der Waals surface area contributed by atoms with Gasteiger partial charge in [-0.05, 0) is 25.2 Å². The molecule has 1 N–H and O–H groups in total. The van der Waals surface area contributed by atoms with E-state index in [1.165, 1.54) is 0 Å². The fourth-order valence-electron chi connectivity index (χ4n) is 2.22. The van der Waals surface area contributed by atoms with Crippen molar-refractivity contribution >= 4 is 5.97 Å². The number of carbonyl (C=O) groups is 1. The molecule has 1 atom stereocenters. The Morgan fingerprint density at radius 2 is 1.58 bits per heavy atom. The lowest BCUT2D eigenvalue weighted by Crippen LogP contribution is -2.48. The van der Waals surface area contributed by atoms with E-state index in [0.717, 1.165) is 19.3 Å². The molecule has 0 saturated carbocycles. The number of esters is 1. The molecule has 0 bridgehead atoms. The molecule has 3 nitrogen and oxygen atoms in total. The van der Waals surface area contributed by atoms with Gasteiger partial charge in [-0.2, -0.15) is 0 Å². The molecule has 114 valence electrons. The van der Waals surface area contributed by atoms with Crippen molar-refractivity contribution in [2.75, 3.05) is 6.61 Å². The minimum Gasteiger partial charge on any atom is -0.459 e. The number of hydrogen-bond donors (Lipinski definition) is 1. The summed E-state index contributed by atoms with van der Waals surface area (Å²) in [6.45, 7) is 14.9. The average molecular weight is 272 g/mol. The summed E-state index contributed by atoms with van der Waals surface area (Å²) < 4.78 is 5.77. The Hall–Kier alpha value is -0.570. The lowest BCUT2D eigenvalue weighted by atomic mass is 9.66. The predicted octanol–water partition coefficient (Wildman–Crippen LogP) is 3.93. The highest BCUT2D eigenvalue weighted by molar-refractivity contribution is 5.70. The molecule has 0 aromatic carbocycles. The van der Waals surface area contributed by atoms with Gasteiger partial charge in [-0.3, -0.25) is 4.79 Å². The smallest absolute Gasteiger partial charge is 0.308 e. The van der Waals surface area contributed by atoms with Crippen LogP contribution in [-0.4, -0.2) is 23.3 Å². The molecule has 0 spiro atoms. The van der Waals surface area contributed by atoms with Gasteiger partial charge in [-0.15, -0.1) is 0 Å². The molecule has 0 aliphatic heterocycles. The molecule has 0 amide bonds. The summed E-state index contributed by atoms with van der Waals surface area (Å²) >= 11 is 0. The number of ether oxygens (including phenoxy) is 1. The molecule has 0 aliphatic carbocycles. The maximum absolute atomic E-state index is 11.8. The van der Waals surface area contributed by atoms with Crippen LogP contribution < -0.4 is 0 Å². The third-order valence-corrected chi connectivity index (χ3v) is 4.74. The van der Waals surface area contributed by atoms with E-state index in [1.807, 2.05) is 6.92 Å². The highest BCUT2D eigenvalue weighted by Gasteiger charge is 2.46. The zero-order valence-electron chi connectivity index (χ0n) is 13.8. The lowest BCUT2D eigenvalue weighted by molar-refractivity contribution is -0.178. The second kappa shape index (κ2) is 6.74. The lowest BCUT2D eigenvalue weighted by Gasteiger charge is -2.47. The quantitative estimate of drug-likeness (QED) is 0.681. The molecule has 0 aromatic rings. The van der Waals surface area contributed by atoms with Crippen LogP contribution in [0.5, 0.6) is 0 Å². The SMILES string of the molecule is CCC(C)(C)CC(C)(OC(=O)CCO)C(C)(C)CC. The Morgan fingerprint density at radius 3 is 1.95 bits per heavy atom. The Bertz CT molecular complexity index is 294. The number of rotatable bonds is 8. The van der Waals surface area contributed by atoms with Gasteiger partial charge in [0, 0.05) is 5.41 Å². The Balaban J connectivity index is 5.19. The van der Waals surface area contributed by atoms with Crippen molar-refractivity contribution in [2.45, 2.75) is 79.8 Å². The molecule has 0 saturated heterocycles. The van der Waals surface area contributed by atoms with Crippen LogP contribution in [0.1, 0.15) is 74.1 Å². The number of aliphatic hydroxyl groups is 1. The maximum atomic E-state index is 11.8. The van der Waals surface area contributed by atoms with Gasteiger partial charge >= 0.3 is 5.97 Å². The third-order valence-electron chi connectivity index (χ3n) is 4.74. The van der Waals surface area contributed by atoms with Crippen LogP contribution in [-0.2, 0) is 9.53 Å². The van der Waals surface area contributed by atoms with E-state index < -0.39 is 5.60 Å². The van der Waals surface area contributed by atoms with E-state index in [4.69, 9.17) is 9.84 Å².